The topological polar surface area (TPSA) is 61.0 Å². The second-order valence-corrected chi connectivity index (χ2v) is 3.79. The molecule has 2 aromatic rings. The van der Waals surface area contributed by atoms with Crippen LogP contribution in [0.5, 0.6) is 11.6 Å². The van der Waals surface area contributed by atoms with Gasteiger partial charge in [0.25, 0.3) is 0 Å². The molecule has 0 aliphatic rings. The summed E-state index contributed by atoms with van der Waals surface area (Å²) in [6.45, 7) is 0.113. The molecule has 0 fully saturated rings. The van der Waals surface area contributed by atoms with Crippen molar-refractivity contribution >= 4 is 0 Å². The molecule has 0 saturated carbocycles. The largest absolute Gasteiger partial charge is 0.437 e. The highest BCUT2D eigenvalue weighted by atomic mass is 19.4. The fourth-order valence-electron chi connectivity index (χ4n) is 1.44. The van der Waals surface area contributed by atoms with Crippen LogP contribution in [0.15, 0.2) is 30.6 Å². The number of hydrogen-bond donors (Lipinski definition) is 1. The Hall–Kier alpha value is -2.22. The van der Waals surface area contributed by atoms with Gasteiger partial charge in [0.15, 0.2) is 0 Å². The van der Waals surface area contributed by atoms with Crippen molar-refractivity contribution in [3.05, 3.63) is 47.7 Å². The molecule has 4 nitrogen and oxygen atoms in total. The lowest BCUT2D eigenvalue weighted by atomic mass is 10.2. The van der Waals surface area contributed by atoms with E-state index >= 15 is 0 Å². The van der Waals surface area contributed by atoms with Gasteiger partial charge in [-0.2, -0.15) is 13.2 Å². The third-order valence-electron chi connectivity index (χ3n) is 2.34. The lowest BCUT2D eigenvalue weighted by Gasteiger charge is -2.10. The predicted octanol–water partition coefficient (Wildman–Crippen LogP) is 2.89. The van der Waals surface area contributed by atoms with Crippen molar-refractivity contribution in [1.29, 1.82) is 0 Å². The molecule has 0 bridgehead atoms. The van der Waals surface area contributed by atoms with E-state index in [0.29, 0.717) is 17.8 Å². The number of rotatable bonds is 3. The molecule has 2 rings (SSSR count). The van der Waals surface area contributed by atoms with Gasteiger partial charge in [-0.1, -0.05) is 0 Å². The second-order valence-electron chi connectivity index (χ2n) is 3.79. The summed E-state index contributed by atoms with van der Waals surface area (Å²) >= 11 is 0. The Morgan fingerprint density at radius 2 is 1.95 bits per heavy atom. The Morgan fingerprint density at radius 1 is 1.20 bits per heavy atom. The highest BCUT2D eigenvalue weighted by Gasteiger charge is 2.34. The molecule has 0 aliphatic carbocycles. The van der Waals surface area contributed by atoms with Gasteiger partial charge in [0.1, 0.15) is 11.6 Å². The van der Waals surface area contributed by atoms with Gasteiger partial charge < -0.3 is 10.5 Å². The molecule has 1 aromatic heterocycles. The van der Waals surface area contributed by atoms with Crippen LogP contribution in [-0.4, -0.2) is 9.97 Å². The predicted molar refractivity (Wildman–Crippen MR) is 61.4 cm³/mol. The van der Waals surface area contributed by atoms with Crippen molar-refractivity contribution in [1.82, 2.24) is 9.97 Å². The normalized spacial score (nSPS) is 11.4. The first kappa shape index (κ1) is 14.2. The third kappa shape index (κ3) is 3.21. The number of nitrogens with zero attached hydrogens (tertiary/aromatic N) is 2. The van der Waals surface area contributed by atoms with E-state index < -0.39 is 17.6 Å². The molecule has 106 valence electrons. The van der Waals surface area contributed by atoms with Crippen LogP contribution in [-0.2, 0) is 12.7 Å². The van der Waals surface area contributed by atoms with Crippen LogP contribution in [0.2, 0.25) is 0 Å². The van der Waals surface area contributed by atoms with E-state index in [1.165, 1.54) is 12.4 Å². The van der Waals surface area contributed by atoms with E-state index in [1.54, 1.807) is 0 Å². The van der Waals surface area contributed by atoms with Crippen molar-refractivity contribution < 1.29 is 22.3 Å². The minimum absolute atomic E-state index is 0.0207. The number of aromatic nitrogens is 2. The van der Waals surface area contributed by atoms with Gasteiger partial charge in [-0.25, -0.2) is 9.37 Å². The smallest absolute Gasteiger partial charge is 0.419 e. The number of nitrogens with two attached hydrogens (primary N) is 1. The van der Waals surface area contributed by atoms with E-state index in [-0.39, 0.29) is 18.2 Å². The van der Waals surface area contributed by atoms with Gasteiger partial charge in [-0.15, -0.1) is 0 Å². The van der Waals surface area contributed by atoms with Crippen LogP contribution >= 0.6 is 0 Å². The summed E-state index contributed by atoms with van der Waals surface area (Å²) in [5, 5.41) is 0. The molecular weight excluding hydrogens is 278 g/mol. The Balaban J connectivity index is 2.30. The molecular formula is C12H9F4N3O. The molecule has 8 heteroatoms. The zero-order chi connectivity index (χ0) is 14.8. The van der Waals surface area contributed by atoms with Gasteiger partial charge in [0.05, 0.1) is 17.5 Å². The minimum atomic E-state index is -4.80. The SMILES string of the molecule is NCc1cncc(Oc2ccc(F)c(C(F)(F)F)c2)n1. The molecule has 0 amide bonds. The fraction of sp³-hybridized carbons (Fsp3) is 0.167. The fourth-order valence-corrected chi connectivity index (χ4v) is 1.44. The Kier molecular flexibility index (Phi) is 3.84. The van der Waals surface area contributed by atoms with E-state index in [9.17, 15) is 17.6 Å². The zero-order valence-corrected chi connectivity index (χ0v) is 9.99. The number of alkyl halides is 3. The Labute approximate surface area is 111 Å². The van der Waals surface area contributed by atoms with E-state index in [1.807, 2.05) is 0 Å². The molecule has 1 aromatic carbocycles. The van der Waals surface area contributed by atoms with Crippen LogP contribution < -0.4 is 10.5 Å². The van der Waals surface area contributed by atoms with Crippen molar-refractivity contribution in [2.24, 2.45) is 5.73 Å². The highest BCUT2D eigenvalue weighted by Crippen LogP contribution is 2.34. The van der Waals surface area contributed by atoms with Gasteiger partial charge >= 0.3 is 6.18 Å². The van der Waals surface area contributed by atoms with E-state index in [2.05, 4.69) is 9.97 Å². The molecule has 1 heterocycles. The lowest BCUT2D eigenvalue weighted by molar-refractivity contribution is -0.140. The Morgan fingerprint density at radius 3 is 2.60 bits per heavy atom. The van der Waals surface area contributed by atoms with E-state index in [4.69, 9.17) is 10.5 Å². The number of halogens is 4. The molecule has 0 saturated heterocycles. The zero-order valence-electron chi connectivity index (χ0n) is 9.99. The number of ether oxygens (including phenoxy) is 1. The number of benzene rings is 1. The average Bonchev–Trinajstić information content (AvgIpc) is 2.40. The van der Waals surface area contributed by atoms with E-state index in [0.717, 1.165) is 6.07 Å². The quantitative estimate of drug-likeness (QED) is 0.882. The maximum Gasteiger partial charge on any atom is 0.419 e. The molecule has 0 atom stereocenters. The second kappa shape index (κ2) is 5.41. The molecule has 0 spiro atoms. The summed E-state index contributed by atoms with van der Waals surface area (Å²) in [6.07, 6.45) is -2.18. The first-order valence-corrected chi connectivity index (χ1v) is 5.45. The molecule has 2 N–H and O–H groups in total. The summed E-state index contributed by atoms with van der Waals surface area (Å²) in [6, 6.07) is 2.31. The van der Waals surface area contributed by atoms with Crippen LogP contribution in [0.4, 0.5) is 17.6 Å². The van der Waals surface area contributed by atoms with Gasteiger partial charge in [0, 0.05) is 12.7 Å². The first-order chi connectivity index (χ1) is 9.40. The maximum absolute atomic E-state index is 13.1. The van der Waals surface area contributed by atoms with Gasteiger partial charge in [-0.05, 0) is 18.2 Å². The van der Waals surface area contributed by atoms with Crippen molar-refractivity contribution in [3.8, 4) is 11.6 Å². The third-order valence-corrected chi connectivity index (χ3v) is 2.34. The van der Waals surface area contributed by atoms with Crippen molar-refractivity contribution in [2.75, 3.05) is 0 Å². The summed E-state index contributed by atoms with van der Waals surface area (Å²) in [7, 11) is 0. The van der Waals surface area contributed by atoms with Crippen molar-refractivity contribution in [3.63, 3.8) is 0 Å². The summed E-state index contributed by atoms with van der Waals surface area (Å²) in [5.41, 5.74) is 4.37. The lowest BCUT2D eigenvalue weighted by Crippen LogP contribution is -2.08. The Bertz CT molecular complexity index is 616. The summed E-state index contributed by atoms with van der Waals surface area (Å²) < 4.78 is 55.9. The molecule has 0 unspecified atom stereocenters. The molecule has 0 aliphatic heterocycles. The standard InChI is InChI=1S/C12H9F4N3O/c13-10-2-1-8(3-9(10)12(14,15)16)20-11-6-18-5-7(4-17)19-11/h1-3,5-6H,4,17H2. The van der Waals surface area contributed by atoms with Crippen LogP contribution in [0.1, 0.15) is 11.3 Å². The van der Waals surface area contributed by atoms with Crippen LogP contribution in [0.25, 0.3) is 0 Å². The maximum atomic E-state index is 13.1. The van der Waals surface area contributed by atoms with Gasteiger partial charge in [-0.3, -0.25) is 4.98 Å². The summed E-state index contributed by atoms with van der Waals surface area (Å²) in [4.78, 5) is 7.69. The molecule has 0 radical (unpaired) electrons. The van der Waals surface area contributed by atoms with Crippen LogP contribution in [0, 0.1) is 5.82 Å². The van der Waals surface area contributed by atoms with Crippen LogP contribution in [0.3, 0.4) is 0 Å². The summed E-state index contributed by atoms with van der Waals surface area (Å²) in [5.74, 6) is -1.58. The monoisotopic (exact) mass is 287 g/mol. The molecule has 20 heavy (non-hydrogen) atoms. The number of hydrogen-bond acceptors (Lipinski definition) is 4. The highest BCUT2D eigenvalue weighted by molar-refractivity contribution is 5.33. The van der Waals surface area contributed by atoms with Crippen molar-refractivity contribution in [2.45, 2.75) is 12.7 Å². The first-order valence-electron chi connectivity index (χ1n) is 5.45. The van der Waals surface area contributed by atoms with Gasteiger partial charge in [0.2, 0.25) is 5.88 Å². The minimum Gasteiger partial charge on any atom is -0.437 e. The average molecular weight is 287 g/mol.